The van der Waals surface area contributed by atoms with Gasteiger partial charge in [0.2, 0.25) is 11.8 Å². The third kappa shape index (κ3) is 4.11. The van der Waals surface area contributed by atoms with E-state index in [-0.39, 0.29) is 6.03 Å². The normalized spacial score (nSPS) is 10.4. The van der Waals surface area contributed by atoms with Crippen LogP contribution in [0.5, 0.6) is 5.88 Å². The number of hydrogen-bond acceptors (Lipinski definition) is 6. The predicted molar refractivity (Wildman–Crippen MR) is 89.7 cm³/mol. The first-order valence-corrected chi connectivity index (χ1v) is 8.11. The number of pyridine rings is 1. The van der Waals surface area contributed by atoms with Gasteiger partial charge in [0.15, 0.2) is 0 Å². The van der Waals surface area contributed by atoms with Crippen LogP contribution >= 0.6 is 11.3 Å². The first-order valence-electron chi connectivity index (χ1n) is 7.23. The lowest BCUT2D eigenvalue weighted by Gasteiger charge is -2.07. The Bertz CT molecular complexity index is 801. The Morgan fingerprint density at radius 1 is 1.33 bits per heavy atom. The molecule has 0 aromatic carbocycles. The van der Waals surface area contributed by atoms with E-state index in [1.807, 2.05) is 23.6 Å². The van der Waals surface area contributed by atoms with Crippen molar-refractivity contribution in [1.29, 1.82) is 0 Å². The van der Waals surface area contributed by atoms with E-state index in [4.69, 9.17) is 9.15 Å². The van der Waals surface area contributed by atoms with E-state index in [9.17, 15) is 4.79 Å². The third-order valence-electron chi connectivity index (χ3n) is 3.18. The molecular formula is C16H16N4O3S. The van der Waals surface area contributed by atoms with E-state index in [0.717, 1.165) is 10.4 Å². The van der Waals surface area contributed by atoms with Crippen LogP contribution in [0.4, 0.5) is 4.79 Å². The molecule has 7 nitrogen and oxygen atoms in total. The highest BCUT2D eigenvalue weighted by atomic mass is 32.1. The molecule has 24 heavy (non-hydrogen) atoms. The standard InChI is InChI=1S/C16H16N4O3S/c1-22-14-7-11(4-5-17-14)8-18-16(21)19-9-12-10-23-15(20-12)13-3-2-6-24-13/h2-7,10H,8-9H2,1H3,(H2,18,19,21). The molecule has 3 heterocycles. The molecule has 3 rings (SSSR count). The number of urea groups is 1. The van der Waals surface area contributed by atoms with Gasteiger partial charge in [-0.3, -0.25) is 0 Å². The van der Waals surface area contributed by atoms with E-state index >= 15 is 0 Å². The van der Waals surface area contributed by atoms with E-state index in [2.05, 4.69) is 20.6 Å². The largest absolute Gasteiger partial charge is 0.481 e. The number of aromatic nitrogens is 2. The molecule has 0 fully saturated rings. The summed E-state index contributed by atoms with van der Waals surface area (Å²) in [6.45, 7) is 0.671. The number of thiophene rings is 1. The van der Waals surface area contributed by atoms with Gasteiger partial charge in [0, 0.05) is 18.8 Å². The van der Waals surface area contributed by atoms with Gasteiger partial charge >= 0.3 is 6.03 Å². The van der Waals surface area contributed by atoms with Crippen molar-refractivity contribution in [3.63, 3.8) is 0 Å². The number of nitrogens with one attached hydrogen (secondary N) is 2. The molecule has 124 valence electrons. The molecule has 0 aliphatic carbocycles. The van der Waals surface area contributed by atoms with Crippen LogP contribution in [0.25, 0.3) is 10.8 Å². The van der Waals surface area contributed by atoms with Gasteiger partial charge in [-0.05, 0) is 23.1 Å². The highest BCUT2D eigenvalue weighted by Gasteiger charge is 2.08. The summed E-state index contributed by atoms with van der Waals surface area (Å²) < 4.78 is 10.4. The fourth-order valence-corrected chi connectivity index (χ4v) is 2.64. The summed E-state index contributed by atoms with van der Waals surface area (Å²) in [6, 6.07) is 7.16. The van der Waals surface area contributed by atoms with Crippen molar-refractivity contribution in [2.24, 2.45) is 0 Å². The molecule has 0 spiro atoms. The molecule has 0 unspecified atom stereocenters. The fraction of sp³-hybridized carbons (Fsp3) is 0.188. The quantitative estimate of drug-likeness (QED) is 0.718. The van der Waals surface area contributed by atoms with Crippen molar-refractivity contribution in [2.75, 3.05) is 7.11 Å². The van der Waals surface area contributed by atoms with Crippen molar-refractivity contribution in [2.45, 2.75) is 13.1 Å². The van der Waals surface area contributed by atoms with E-state index in [0.29, 0.717) is 30.6 Å². The summed E-state index contributed by atoms with van der Waals surface area (Å²) >= 11 is 1.55. The number of carbonyl (C=O) groups excluding carboxylic acids is 1. The number of ether oxygens (including phenoxy) is 1. The van der Waals surface area contributed by atoms with E-state index in [1.54, 1.807) is 37.0 Å². The highest BCUT2D eigenvalue weighted by Crippen LogP contribution is 2.23. The van der Waals surface area contributed by atoms with Gasteiger partial charge in [-0.1, -0.05) is 6.07 Å². The minimum absolute atomic E-state index is 0.286. The van der Waals surface area contributed by atoms with Crippen LogP contribution in [0.2, 0.25) is 0 Å². The van der Waals surface area contributed by atoms with Crippen molar-refractivity contribution < 1.29 is 13.9 Å². The van der Waals surface area contributed by atoms with Crippen molar-refractivity contribution in [3.8, 4) is 16.6 Å². The minimum atomic E-state index is -0.286. The molecule has 3 aromatic rings. The molecule has 8 heteroatoms. The van der Waals surface area contributed by atoms with Gasteiger partial charge in [-0.15, -0.1) is 11.3 Å². The zero-order valence-corrected chi connectivity index (χ0v) is 13.8. The third-order valence-corrected chi connectivity index (χ3v) is 4.03. The van der Waals surface area contributed by atoms with Crippen molar-refractivity contribution in [3.05, 3.63) is 53.4 Å². The van der Waals surface area contributed by atoms with Gasteiger partial charge in [0.25, 0.3) is 0 Å². The Morgan fingerprint density at radius 3 is 3.00 bits per heavy atom. The SMILES string of the molecule is COc1cc(CNC(=O)NCc2coc(-c3cccs3)n2)ccn1. The summed E-state index contributed by atoms with van der Waals surface area (Å²) in [7, 11) is 1.55. The van der Waals surface area contributed by atoms with Crippen LogP contribution < -0.4 is 15.4 Å². The van der Waals surface area contributed by atoms with Crippen LogP contribution in [-0.2, 0) is 13.1 Å². The zero-order valence-electron chi connectivity index (χ0n) is 13.0. The Morgan fingerprint density at radius 2 is 2.21 bits per heavy atom. The number of hydrogen-bond donors (Lipinski definition) is 2. The predicted octanol–water partition coefficient (Wildman–Crippen LogP) is 2.81. The number of amides is 2. The lowest BCUT2D eigenvalue weighted by atomic mass is 10.2. The monoisotopic (exact) mass is 344 g/mol. The minimum Gasteiger partial charge on any atom is -0.481 e. The topological polar surface area (TPSA) is 89.3 Å². The van der Waals surface area contributed by atoms with E-state index in [1.165, 1.54) is 0 Å². The molecular weight excluding hydrogens is 328 g/mol. The van der Waals surface area contributed by atoms with Gasteiger partial charge in [0.1, 0.15) is 6.26 Å². The molecule has 0 aliphatic heterocycles. The Kier molecular flexibility index (Phi) is 5.07. The first kappa shape index (κ1) is 16.0. The smallest absolute Gasteiger partial charge is 0.315 e. The molecule has 0 saturated carbocycles. The van der Waals surface area contributed by atoms with Crippen LogP contribution in [0.1, 0.15) is 11.3 Å². The second kappa shape index (κ2) is 7.60. The summed E-state index contributed by atoms with van der Waals surface area (Å²) in [5, 5.41) is 7.46. The molecule has 2 N–H and O–H groups in total. The van der Waals surface area contributed by atoms with Crippen LogP contribution in [-0.4, -0.2) is 23.1 Å². The highest BCUT2D eigenvalue weighted by molar-refractivity contribution is 7.13. The van der Waals surface area contributed by atoms with Gasteiger partial charge < -0.3 is 19.8 Å². The molecule has 0 bridgehead atoms. The van der Waals surface area contributed by atoms with Crippen molar-refractivity contribution >= 4 is 17.4 Å². The zero-order chi connectivity index (χ0) is 16.8. The van der Waals surface area contributed by atoms with E-state index < -0.39 is 0 Å². The van der Waals surface area contributed by atoms with Crippen LogP contribution in [0, 0.1) is 0 Å². The Balaban J connectivity index is 1.47. The number of nitrogens with zero attached hydrogens (tertiary/aromatic N) is 2. The lowest BCUT2D eigenvalue weighted by Crippen LogP contribution is -2.34. The maximum absolute atomic E-state index is 11.9. The average molecular weight is 344 g/mol. The summed E-state index contributed by atoms with van der Waals surface area (Å²) in [5.74, 6) is 1.07. The second-order valence-electron chi connectivity index (χ2n) is 4.86. The van der Waals surface area contributed by atoms with Crippen LogP contribution in [0.3, 0.4) is 0 Å². The summed E-state index contributed by atoms with van der Waals surface area (Å²) in [6.07, 6.45) is 3.18. The molecule has 0 radical (unpaired) electrons. The average Bonchev–Trinajstić information content (AvgIpc) is 3.29. The number of oxazole rings is 1. The molecule has 0 aliphatic rings. The molecule has 2 amide bonds. The van der Waals surface area contributed by atoms with Gasteiger partial charge in [-0.25, -0.2) is 14.8 Å². The van der Waals surface area contributed by atoms with Gasteiger partial charge in [0.05, 0.1) is 24.2 Å². The molecule has 0 atom stereocenters. The van der Waals surface area contributed by atoms with Gasteiger partial charge in [-0.2, -0.15) is 0 Å². The lowest BCUT2D eigenvalue weighted by molar-refractivity contribution is 0.240. The second-order valence-corrected chi connectivity index (χ2v) is 5.81. The first-order chi connectivity index (χ1) is 11.7. The summed E-state index contributed by atoms with van der Waals surface area (Å²) in [5.41, 5.74) is 1.57. The molecule has 3 aromatic heterocycles. The number of methoxy groups -OCH3 is 1. The van der Waals surface area contributed by atoms with Crippen molar-refractivity contribution in [1.82, 2.24) is 20.6 Å². The Labute approximate surface area is 142 Å². The summed E-state index contributed by atoms with van der Waals surface area (Å²) in [4.78, 5) is 21.2. The fourth-order valence-electron chi connectivity index (χ4n) is 1.99. The molecule has 0 saturated heterocycles. The number of rotatable bonds is 6. The maximum atomic E-state index is 11.9. The maximum Gasteiger partial charge on any atom is 0.315 e. The van der Waals surface area contributed by atoms with Crippen LogP contribution in [0.15, 0.2) is 46.5 Å². The Hall–Kier alpha value is -2.87. The number of carbonyl (C=O) groups is 1.